The molecule has 164 valence electrons. The van der Waals surface area contributed by atoms with Gasteiger partial charge in [0.1, 0.15) is 0 Å². The number of ether oxygens (including phenoxy) is 3. The van der Waals surface area contributed by atoms with Gasteiger partial charge >= 0.3 is 0 Å². The molecule has 0 saturated heterocycles. The molecule has 2 aromatic heterocycles. The van der Waals surface area contributed by atoms with Crippen LogP contribution in [0.2, 0.25) is 0 Å². The van der Waals surface area contributed by atoms with Gasteiger partial charge in [0, 0.05) is 10.0 Å². The van der Waals surface area contributed by atoms with Gasteiger partial charge in [-0.25, -0.2) is 4.98 Å². The van der Waals surface area contributed by atoms with Crippen LogP contribution < -0.4 is 19.2 Å². The van der Waals surface area contributed by atoms with E-state index in [1.165, 1.54) is 27.7 Å². The first-order valence-corrected chi connectivity index (χ1v) is 11.8. The van der Waals surface area contributed by atoms with E-state index in [0.29, 0.717) is 32.8 Å². The van der Waals surface area contributed by atoms with Crippen molar-refractivity contribution in [2.24, 2.45) is 5.10 Å². The van der Waals surface area contributed by atoms with Crippen LogP contribution in [0.3, 0.4) is 0 Å². The van der Waals surface area contributed by atoms with Crippen molar-refractivity contribution in [1.29, 1.82) is 0 Å². The number of amides is 1. The molecule has 4 aromatic rings. The number of benzene rings is 2. The molecule has 0 radical (unpaired) electrons. The van der Waals surface area contributed by atoms with Gasteiger partial charge in [-0.1, -0.05) is 33.3 Å². The lowest BCUT2D eigenvalue weighted by atomic mass is 10.2. The summed E-state index contributed by atoms with van der Waals surface area (Å²) in [5, 5.41) is 8.13. The zero-order valence-electron chi connectivity index (χ0n) is 17.4. The topological polar surface area (TPSA) is 73.2 Å². The maximum atomic E-state index is 13.2. The number of aromatic nitrogens is 1. The highest BCUT2D eigenvalue weighted by Gasteiger charge is 2.22. The molecule has 0 fully saturated rings. The number of rotatable bonds is 7. The Labute approximate surface area is 201 Å². The average molecular weight is 532 g/mol. The van der Waals surface area contributed by atoms with Gasteiger partial charge in [-0.2, -0.15) is 10.1 Å². The first-order chi connectivity index (χ1) is 15.5. The summed E-state index contributed by atoms with van der Waals surface area (Å²) in [6.45, 7) is 0. The van der Waals surface area contributed by atoms with Gasteiger partial charge in [-0.15, -0.1) is 11.3 Å². The number of hydrogen-bond donors (Lipinski definition) is 0. The molecule has 0 bridgehead atoms. The fourth-order valence-electron chi connectivity index (χ4n) is 2.97. The summed E-state index contributed by atoms with van der Waals surface area (Å²) < 4.78 is 18.1. The predicted molar refractivity (Wildman–Crippen MR) is 132 cm³/mol. The van der Waals surface area contributed by atoms with Crippen LogP contribution in [0, 0.1) is 0 Å². The Bertz CT molecular complexity index is 1260. The maximum absolute atomic E-state index is 13.2. The smallest absolute Gasteiger partial charge is 0.290 e. The van der Waals surface area contributed by atoms with E-state index in [0.717, 1.165) is 14.7 Å². The van der Waals surface area contributed by atoms with Gasteiger partial charge < -0.3 is 14.2 Å². The molecular weight excluding hydrogens is 514 g/mol. The minimum absolute atomic E-state index is 0.262. The van der Waals surface area contributed by atoms with Crippen LogP contribution in [0.25, 0.3) is 10.2 Å². The number of fused-ring (bicyclic) bond motifs is 1. The summed E-state index contributed by atoms with van der Waals surface area (Å²) in [6, 6.07) is 12.9. The number of thiazole rings is 1. The molecule has 0 aliphatic carbocycles. The Hall–Kier alpha value is -2.95. The van der Waals surface area contributed by atoms with E-state index in [4.69, 9.17) is 14.2 Å². The summed E-state index contributed by atoms with van der Waals surface area (Å²) in [4.78, 5) is 18.4. The largest absolute Gasteiger partial charge is 0.493 e. The third kappa shape index (κ3) is 4.47. The Morgan fingerprint density at radius 1 is 1.09 bits per heavy atom. The first kappa shape index (κ1) is 22.3. The highest BCUT2D eigenvalue weighted by Crippen LogP contribution is 2.38. The van der Waals surface area contributed by atoms with Gasteiger partial charge in [0.2, 0.25) is 10.9 Å². The molecule has 32 heavy (non-hydrogen) atoms. The lowest BCUT2D eigenvalue weighted by molar-refractivity contribution is 0.0991. The minimum atomic E-state index is -0.262. The highest BCUT2D eigenvalue weighted by molar-refractivity contribution is 9.10. The number of hydrazone groups is 1. The van der Waals surface area contributed by atoms with Gasteiger partial charge in [0.25, 0.3) is 5.91 Å². The second-order valence-electron chi connectivity index (χ2n) is 6.41. The monoisotopic (exact) mass is 531 g/mol. The number of methoxy groups -OCH3 is 3. The lowest BCUT2D eigenvalue weighted by Crippen LogP contribution is -2.24. The number of hydrogen-bond acceptors (Lipinski definition) is 8. The lowest BCUT2D eigenvalue weighted by Gasteiger charge is -2.14. The second kappa shape index (κ2) is 9.68. The molecular formula is C22H18BrN3O4S2. The summed E-state index contributed by atoms with van der Waals surface area (Å²) >= 11 is 6.21. The van der Waals surface area contributed by atoms with E-state index in [9.17, 15) is 4.79 Å². The molecule has 4 rings (SSSR count). The number of anilines is 1. The molecule has 0 aliphatic rings. The van der Waals surface area contributed by atoms with Crippen LogP contribution in [0.4, 0.5) is 5.13 Å². The molecule has 0 unspecified atom stereocenters. The summed E-state index contributed by atoms with van der Waals surface area (Å²) in [5.74, 6) is 1.21. The van der Waals surface area contributed by atoms with Crippen LogP contribution in [0.1, 0.15) is 15.2 Å². The van der Waals surface area contributed by atoms with Crippen molar-refractivity contribution in [2.75, 3.05) is 26.3 Å². The molecule has 10 heteroatoms. The molecule has 2 heterocycles. The van der Waals surface area contributed by atoms with Crippen LogP contribution in [0.5, 0.6) is 17.2 Å². The number of halogens is 1. The van der Waals surface area contributed by atoms with E-state index in [-0.39, 0.29) is 5.91 Å². The summed E-state index contributed by atoms with van der Waals surface area (Å²) in [7, 11) is 4.63. The van der Waals surface area contributed by atoms with Crippen molar-refractivity contribution in [2.45, 2.75) is 0 Å². The number of carbonyl (C=O) groups excluding carboxylic acids is 1. The number of nitrogens with zero attached hydrogens (tertiary/aromatic N) is 3. The summed E-state index contributed by atoms with van der Waals surface area (Å²) in [6.07, 6.45) is 1.57. The van der Waals surface area contributed by atoms with Crippen molar-refractivity contribution < 1.29 is 19.0 Å². The molecule has 0 spiro atoms. The third-order valence-electron chi connectivity index (χ3n) is 4.45. The number of thiophene rings is 1. The van der Waals surface area contributed by atoms with Crippen LogP contribution >= 0.6 is 38.6 Å². The van der Waals surface area contributed by atoms with Gasteiger partial charge in [0.15, 0.2) is 11.5 Å². The number of carbonyl (C=O) groups is 1. The SMILES string of the molecule is COc1cc(/C=N/N(C(=O)c2cccs2)c2nc3ccc(Br)cc3s2)cc(OC)c1OC. The quantitative estimate of drug-likeness (QED) is 0.221. The maximum Gasteiger partial charge on any atom is 0.290 e. The van der Waals surface area contributed by atoms with E-state index in [2.05, 4.69) is 26.0 Å². The van der Waals surface area contributed by atoms with Gasteiger partial charge in [0.05, 0.1) is 42.6 Å². The fourth-order valence-corrected chi connectivity index (χ4v) is 5.09. The Morgan fingerprint density at radius 3 is 2.47 bits per heavy atom. The first-order valence-electron chi connectivity index (χ1n) is 9.32. The van der Waals surface area contributed by atoms with Crippen molar-refractivity contribution in [3.8, 4) is 17.2 Å². The van der Waals surface area contributed by atoms with Crippen molar-refractivity contribution in [3.05, 3.63) is 62.8 Å². The summed E-state index contributed by atoms with van der Waals surface area (Å²) in [5.41, 5.74) is 1.47. The van der Waals surface area contributed by atoms with Gasteiger partial charge in [-0.05, 0) is 41.8 Å². The molecule has 0 saturated carbocycles. The van der Waals surface area contributed by atoms with Crippen LogP contribution in [-0.4, -0.2) is 38.4 Å². The standard InChI is InChI=1S/C22H18BrN3O4S2/c1-28-16-9-13(10-17(29-2)20(16)30-3)12-24-26(21(27)18-5-4-8-31-18)22-25-15-7-6-14(23)11-19(15)32-22/h4-12H,1-3H3/b24-12+. The Kier molecular flexibility index (Phi) is 6.73. The van der Waals surface area contributed by atoms with Gasteiger partial charge in [-0.3, -0.25) is 4.79 Å². The van der Waals surface area contributed by atoms with Crippen LogP contribution in [0.15, 0.2) is 57.4 Å². The van der Waals surface area contributed by atoms with E-state index < -0.39 is 0 Å². The molecule has 1 amide bonds. The molecule has 7 nitrogen and oxygen atoms in total. The fraction of sp³-hybridized carbons (Fsp3) is 0.136. The molecule has 0 N–H and O–H groups in total. The molecule has 0 aliphatic heterocycles. The third-order valence-corrected chi connectivity index (χ3v) is 6.80. The Morgan fingerprint density at radius 2 is 1.84 bits per heavy atom. The molecule has 0 atom stereocenters. The average Bonchev–Trinajstić information content (AvgIpc) is 3.48. The van der Waals surface area contributed by atoms with E-state index >= 15 is 0 Å². The van der Waals surface area contributed by atoms with E-state index in [1.54, 1.807) is 45.7 Å². The minimum Gasteiger partial charge on any atom is -0.493 e. The molecule has 2 aromatic carbocycles. The van der Waals surface area contributed by atoms with Crippen LogP contribution in [-0.2, 0) is 0 Å². The van der Waals surface area contributed by atoms with Crippen molar-refractivity contribution in [1.82, 2.24) is 4.98 Å². The second-order valence-corrected chi connectivity index (χ2v) is 9.28. The zero-order valence-corrected chi connectivity index (χ0v) is 20.6. The predicted octanol–water partition coefficient (Wildman–Crippen LogP) is 5.83. The normalized spacial score (nSPS) is 11.1. The van der Waals surface area contributed by atoms with E-state index in [1.807, 2.05) is 29.6 Å². The van der Waals surface area contributed by atoms with Crippen molar-refractivity contribution >= 4 is 66.1 Å². The highest BCUT2D eigenvalue weighted by atomic mass is 79.9. The van der Waals surface area contributed by atoms with Crippen molar-refractivity contribution in [3.63, 3.8) is 0 Å². The Balaban J connectivity index is 1.77. The zero-order chi connectivity index (χ0) is 22.7.